The molecule has 188 valence electrons. The molecule has 3 aromatic rings. The van der Waals surface area contributed by atoms with Crippen molar-refractivity contribution in [3.8, 4) is 28.0 Å². The fraction of sp³-hybridized carbons (Fsp3) is 0.296. The highest BCUT2D eigenvalue weighted by Gasteiger charge is 2.35. The number of benzene rings is 2. The molecule has 2 heterocycles. The van der Waals surface area contributed by atoms with E-state index in [9.17, 15) is 23.1 Å². The quantitative estimate of drug-likeness (QED) is 0.391. The second kappa shape index (κ2) is 10.0. The number of methoxy groups -OCH3 is 1. The number of aryl methyl sites for hydroxylation is 1. The van der Waals surface area contributed by atoms with E-state index in [0.29, 0.717) is 47.6 Å². The Bertz CT molecular complexity index is 1340. The molecule has 6 nitrogen and oxygen atoms in total. The van der Waals surface area contributed by atoms with Crippen LogP contribution in [-0.2, 0) is 11.0 Å². The van der Waals surface area contributed by atoms with E-state index in [-0.39, 0.29) is 5.56 Å². The largest absolute Gasteiger partial charge is 0.496 e. The third-order valence-electron chi connectivity index (χ3n) is 6.32. The number of rotatable bonds is 7. The second-order valence-corrected chi connectivity index (χ2v) is 8.53. The van der Waals surface area contributed by atoms with Crippen LogP contribution in [0.5, 0.6) is 5.75 Å². The Labute approximate surface area is 206 Å². The Morgan fingerprint density at radius 2 is 1.92 bits per heavy atom. The van der Waals surface area contributed by atoms with Crippen molar-refractivity contribution in [2.75, 3.05) is 13.7 Å². The highest BCUT2D eigenvalue weighted by atomic mass is 19.4. The standard InChI is InChI=1S/C27H25F3N2O4/c1-4-18(23-9-10-36-32-23)20-13-25(27(28,29)30)31-14-22(20)21-12-16(6-8-24(21)35-3)19-7-5-17(26(33)34)11-15(19)2/h5-8,11-14,18H,4,9-10H2,1-3H3,(H,33,34). The van der Waals surface area contributed by atoms with Gasteiger partial charge in [-0.2, -0.15) is 13.2 Å². The smallest absolute Gasteiger partial charge is 0.433 e. The Kier molecular flexibility index (Phi) is 7.01. The number of alkyl halides is 3. The molecule has 0 bridgehead atoms. The van der Waals surface area contributed by atoms with Crippen molar-refractivity contribution in [2.24, 2.45) is 5.16 Å². The first-order valence-corrected chi connectivity index (χ1v) is 11.4. The molecule has 0 spiro atoms. The molecule has 0 amide bonds. The van der Waals surface area contributed by atoms with Gasteiger partial charge in [-0.05, 0) is 65.9 Å². The summed E-state index contributed by atoms with van der Waals surface area (Å²) in [6.45, 7) is 4.09. The first kappa shape index (κ1) is 25.2. The van der Waals surface area contributed by atoms with Gasteiger partial charge >= 0.3 is 12.1 Å². The van der Waals surface area contributed by atoms with Gasteiger partial charge in [0.2, 0.25) is 0 Å². The molecule has 1 atom stereocenters. The topological polar surface area (TPSA) is 81.0 Å². The van der Waals surface area contributed by atoms with E-state index in [2.05, 4.69) is 10.1 Å². The van der Waals surface area contributed by atoms with Gasteiger partial charge in [0.05, 0.1) is 18.4 Å². The summed E-state index contributed by atoms with van der Waals surface area (Å²) in [5.41, 5.74) is 3.71. The van der Waals surface area contributed by atoms with E-state index in [1.165, 1.54) is 19.4 Å². The number of halogens is 3. The van der Waals surface area contributed by atoms with Crippen LogP contribution in [0.2, 0.25) is 0 Å². The van der Waals surface area contributed by atoms with Crippen LogP contribution in [0.3, 0.4) is 0 Å². The number of ether oxygens (including phenoxy) is 1. The lowest BCUT2D eigenvalue weighted by molar-refractivity contribution is -0.141. The molecule has 0 saturated heterocycles. The summed E-state index contributed by atoms with van der Waals surface area (Å²) >= 11 is 0. The predicted octanol–water partition coefficient (Wildman–Crippen LogP) is 6.72. The van der Waals surface area contributed by atoms with Crippen molar-refractivity contribution in [1.82, 2.24) is 4.98 Å². The molecule has 1 unspecified atom stereocenters. The number of carbonyl (C=O) groups is 1. The number of nitrogens with zero attached hydrogens (tertiary/aromatic N) is 2. The summed E-state index contributed by atoms with van der Waals surface area (Å²) in [5.74, 6) is -0.942. The number of pyridine rings is 1. The fourth-order valence-corrected chi connectivity index (χ4v) is 4.54. The summed E-state index contributed by atoms with van der Waals surface area (Å²) in [4.78, 5) is 20.2. The molecule has 2 aromatic carbocycles. The third-order valence-corrected chi connectivity index (χ3v) is 6.32. The lowest BCUT2D eigenvalue weighted by Crippen LogP contribution is -2.15. The van der Waals surface area contributed by atoms with E-state index in [4.69, 9.17) is 9.57 Å². The van der Waals surface area contributed by atoms with Gasteiger partial charge in [-0.3, -0.25) is 4.98 Å². The van der Waals surface area contributed by atoms with E-state index < -0.39 is 23.8 Å². The van der Waals surface area contributed by atoms with Crippen LogP contribution >= 0.6 is 0 Å². The van der Waals surface area contributed by atoms with Crippen LogP contribution < -0.4 is 4.74 Å². The minimum absolute atomic E-state index is 0.171. The van der Waals surface area contributed by atoms with E-state index in [1.807, 2.05) is 26.0 Å². The zero-order valence-electron chi connectivity index (χ0n) is 20.0. The highest BCUT2D eigenvalue weighted by Crippen LogP contribution is 2.42. The van der Waals surface area contributed by atoms with E-state index in [1.54, 1.807) is 18.2 Å². The Morgan fingerprint density at radius 1 is 1.14 bits per heavy atom. The second-order valence-electron chi connectivity index (χ2n) is 8.53. The van der Waals surface area contributed by atoms with Gasteiger partial charge in [0.25, 0.3) is 0 Å². The van der Waals surface area contributed by atoms with Gasteiger partial charge in [0.1, 0.15) is 18.1 Å². The van der Waals surface area contributed by atoms with Crippen LogP contribution in [0.1, 0.15) is 52.9 Å². The number of oxime groups is 1. The Hall–Kier alpha value is -3.88. The monoisotopic (exact) mass is 498 g/mol. The molecule has 0 radical (unpaired) electrons. The molecular weight excluding hydrogens is 473 g/mol. The average molecular weight is 499 g/mol. The summed E-state index contributed by atoms with van der Waals surface area (Å²) in [6, 6.07) is 11.3. The maximum absolute atomic E-state index is 13.6. The van der Waals surface area contributed by atoms with Crippen molar-refractivity contribution < 1.29 is 32.6 Å². The predicted molar refractivity (Wildman–Crippen MR) is 129 cm³/mol. The van der Waals surface area contributed by atoms with Crippen molar-refractivity contribution in [3.05, 3.63) is 71.0 Å². The van der Waals surface area contributed by atoms with Gasteiger partial charge in [0, 0.05) is 29.7 Å². The maximum atomic E-state index is 13.6. The lowest BCUT2D eigenvalue weighted by Gasteiger charge is -2.22. The van der Waals surface area contributed by atoms with Crippen LogP contribution in [0.25, 0.3) is 22.3 Å². The normalized spacial score (nSPS) is 14.2. The average Bonchev–Trinajstić information content (AvgIpc) is 3.38. The van der Waals surface area contributed by atoms with E-state index >= 15 is 0 Å². The van der Waals surface area contributed by atoms with Gasteiger partial charge in [-0.15, -0.1) is 0 Å². The van der Waals surface area contributed by atoms with Crippen molar-refractivity contribution >= 4 is 11.7 Å². The molecule has 1 N–H and O–H groups in total. The zero-order valence-corrected chi connectivity index (χ0v) is 20.0. The van der Waals surface area contributed by atoms with Gasteiger partial charge in [-0.25, -0.2) is 4.79 Å². The van der Waals surface area contributed by atoms with Crippen LogP contribution in [0, 0.1) is 6.92 Å². The molecule has 1 aliphatic heterocycles. The van der Waals surface area contributed by atoms with Gasteiger partial charge < -0.3 is 14.7 Å². The molecule has 0 aliphatic carbocycles. The summed E-state index contributed by atoms with van der Waals surface area (Å²) in [5, 5.41) is 13.4. The highest BCUT2D eigenvalue weighted by molar-refractivity contribution is 5.94. The number of hydrogen-bond donors (Lipinski definition) is 1. The number of carboxylic acids is 1. The zero-order chi connectivity index (χ0) is 26.0. The first-order chi connectivity index (χ1) is 17.1. The van der Waals surface area contributed by atoms with Crippen molar-refractivity contribution in [3.63, 3.8) is 0 Å². The molecule has 36 heavy (non-hydrogen) atoms. The first-order valence-electron chi connectivity index (χ1n) is 11.4. The van der Waals surface area contributed by atoms with Crippen LogP contribution in [0.15, 0.2) is 53.8 Å². The molecular formula is C27H25F3N2O4. The maximum Gasteiger partial charge on any atom is 0.433 e. The number of aromatic carboxylic acids is 1. The minimum Gasteiger partial charge on any atom is -0.496 e. The van der Waals surface area contributed by atoms with Crippen molar-refractivity contribution in [2.45, 2.75) is 38.8 Å². The van der Waals surface area contributed by atoms with Gasteiger partial charge in [-0.1, -0.05) is 24.2 Å². The molecule has 1 aliphatic rings. The molecule has 1 aromatic heterocycles. The molecule has 0 fully saturated rings. The van der Waals surface area contributed by atoms with Gasteiger partial charge in [0.15, 0.2) is 0 Å². The molecule has 9 heteroatoms. The minimum atomic E-state index is -4.60. The Morgan fingerprint density at radius 3 is 2.50 bits per heavy atom. The van der Waals surface area contributed by atoms with Crippen LogP contribution in [0.4, 0.5) is 13.2 Å². The van der Waals surface area contributed by atoms with E-state index in [0.717, 1.165) is 22.8 Å². The molecule has 4 rings (SSSR count). The molecule has 0 saturated carbocycles. The summed E-state index contributed by atoms with van der Waals surface area (Å²) in [6.07, 6.45) is -2.31. The summed E-state index contributed by atoms with van der Waals surface area (Å²) in [7, 11) is 1.49. The lowest BCUT2D eigenvalue weighted by atomic mass is 9.84. The summed E-state index contributed by atoms with van der Waals surface area (Å²) < 4.78 is 46.5. The van der Waals surface area contributed by atoms with Crippen LogP contribution in [-0.4, -0.2) is 35.5 Å². The third kappa shape index (κ3) is 4.91. The number of hydrogen-bond acceptors (Lipinski definition) is 5. The number of aromatic nitrogens is 1. The van der Waals surface area contributed by atoms with Crippen molar-refractivity contribution in [1.29, 1.82) is 0 Å². The fourth-order valence-electron chi connectivity index (χ4n) is 4.54. The SMILES string of the molecule is CCC(C1=NOCC1)c1cc(C(F)(F)F)ncc1-c1cc(-c2ccc(C(=O)O)cc2C)ccc1OC. The number of carboxylic acid groups (broad SMARTS) is 1. The Balaban J connectivity index is 1.92.